The number of H-pyrrole nitrogens is 1. The van der Waals surface area contributed by atoms with Gasteiger partial charge >= 0.3 is 0 Å². The van der Waals surface area contributed by atoms with Crippen molar-refractivity contribution in [1.82, 2.24) is 14.2 Å². The molecule has 1 aromatic carbocycles. The van der Waals surface area contributed by atoms with E-state index >= 15 is 0 Å². The summed E-state index contributed by atoms with van der Waals surface area (Å²) < 4.78 is 26.2. The maximum Gasteiger partial charge on any atom is 0.250 e. The van der Waals surface area contributed by atoms with E-state index in [9.17, 15) is 13.2 Å². The number of rotatable bonds is 10. The van der Waals surface area contributed by atoms with E-state index in [1.807, 2.05) is 18.5 Å². The highest BCUT2D eigenvalue weighted by Gasteiger charge is 2.29. The number of hydrogen-bond acceptors (Lipinski definition) is 5. The van der Waals surface area contributed by atoms with Crippen LogP contribution in [0.2, 0.25) is 0 Å². The summed E-state index contributed by atoms with van der Waals surface area (Å²) in [5, 5.41) is 3.11. The van der Waals surface area contributed by atoms with Crippen LogP contribution in [0.3, 0.4) is 0 Å². The first-order valence-electron chi connectivity index (χ1n) is 13.4. The molecule has 1 amide bonds. The molecular formula is C28H40N4O3S2. The van der Waals surface area contributed by atoms with Gasteiger partial charge in [-0.25, -0.2) is 12.7 Å². The van der Waals surface area contributed by atoms with Crippen LogP contribution in [0, 0.1) is 0 Å². The number of thioether (sulfide) groups is 1. The molecule has 2 aliphatic heterocycles. The van der Waals surface area contributed by atoms with Crippen molar-refractivity contribution >= 4 is 44.2 Å². The SMILES string of the molecule is CCC1CCCN1C/C=C/C(=C\SC)c1cc(C(N)=O)c2[nH]cc(C3CCN(S(=O)(=O)CC)CC3)c2c1. The smallest absolute Gasteiger partial charge is 0.250 e. The number of aromatic nitrogens is 1. The number of fused-ring (bicyclic) bond motifs is 1. The third kappa shape index (κ3) is 6.16. The molecule has 3 N–H and O–H groups in total. The summed E-state index contributed by atoms with van der Waals surface area (Å²) in [7, 11) is -3.18. The lowest BCUT2D eigenvalue weighted by Gasteiger charge is -2.31. The molecule has 0 radical (unpaired) electrons. The Hall–Kier alpha value is -2.07. The van der Waals surface area contributed by atoms with Crippen molar-refractivity contribution in [3.63, 3.8) is 0 Å². The normalized spacial score (nSPS) is 20.9. The van der Waals surface area contributed by atoms with Gasteiger partial charge in [0.05, 0.1) is 16.8 Å². The summed E-state index contributed by atoms with van der Waals surface area (Å²) in [6.45, 7) is 7.05. The van der Waals surface area contributed by atoms with E-state index in [2.05, 4.69) is 40.4 Å². The number of carbonyl (C=O) groups is 1. The fourth-order valence-corrected chi connectivity index (χ4v) is 7.42. The number of aromatic amines is 1. The minimum absolute atomic E-state index is 0.130. The first-order chi connectivity index (χ1) is 17.8. The van der Waals surface area contributed by atoms with E-state index in [1.165, 1.54) is 19.3 Å². The standard InChI is InChI=1S/C28H40N4O3S2/c1-4-23-9-7-13-31(23)12-6-8-21(19-36-3)22-16-24-26(18-30-27(24)25(17-22)28(29)33)20-10-14-32(15-11-20)37(34,35)5-2/h6,8,16-20,23,30H,4-5,7,9-15H2,1-3H3,(H2,29,33)/b8-6+,21-19+. The molecule has 0 bridgehead atoms. The highest BCUT2D eigenvalue weighted by molar-refractivity contribution is 8.01. The minimum Gasteiger partial charge on any atom is -0.366 e. The molecule has 4 rings (SSSR count). The second kappa shape index (κ2) is 12.2. The number of sulfonamides is 1. The summed E-state index contributed by atoms with van der Waals surface area (Å²) in [5.41, 5.74) is 10.2. The van der Waals surface area contributed by atoms with Crippen LogP contribution in [0.25, 0.3) is 16.5 Å². The maximum atomic E-state index is 12.5. The van der Waals surface area contributed by atoms with Crippen LogP contribution in [0.15, 0.2) is 35.9 Å². The molecule has 0 saturated carbocycles. The molecule has 1 atom stereocenters. The summed E-state index contributed by atoms with van der Waals surface area (Å²) in [6.07, 6.45) is 13.6. The van der Waals surface area contributed by atoms with E-state index in [-0.39, 0.29) is 11.7 Å². The van der Waals surface area contributed by atoms with Crippen molar-refractivity contribution in [3.05, 3.63) is 52.6 Å². The number of likely N-dealkylation sites (tertiary alicyclic amines) is 1. The molecule has 202 valence electrons. The van der Waals surface area contributed by atoms with Crippen molar-refractivity contribution in [2.75, 3.05) is 38.2 Å². The average molecular weight is 545 g/mol. The topological polar surface area (TPSA) is 99.5 Å². The third-order valence-electron chi connectivity index (χ3n) is 7.92. The molecule has 0 aliphatic carbocycles. The fourth-order valence-electron chi connectivity index (χ4n) is 5.82. The van der Waals surface area contributed by atoms with Crippen molar-refractivity contribution in [2.45, 2.75) is 57.9 Å². The van der Waals surface area contributed by atoms with Crippen LogP contribution in [0.1, 0.15) is 73.4 Å². The molecule has 2 saturated heterocycles. The third-order valence-corrected chi connectivity index (χ3v) is 10.3. The number of allylic oxidation sites excluding steroid dienone is 2. The number of hydrogen-bond donors (Lipinski definition) is 2. The van der Waals surface area contributed by atoms with Gasteiger partial charge in [0.15, 0.2) is 0 Å². The zero-order valence-electron chi connectivity index (χ0n) is 22.2. The molecule has 1 unspecified atom stereocenters. The first-order valence-corrected chi connectivity index (χ1v) is 16.2. The Morgan fingerprint density at radius 1 is 1.19 bits per heavy atom. The summed E-state index contributed by atoms with van der Waals surface area (Å²) in [5.74, 6) is -0.109. The van der Waals surface area contributed by atoms with Crippen molar-refractivity contribution < 1.29 is 13.2 Å². The van der Waals surface area contributed by atoms with Crippen LogP contribution in [-0.2, 0) is 10.0 Å². The van der Waals surface area contributed by atoms with Crippen molar-refractivity contribution in [2.24, 2.45) is 5.73 Å². The second-order valence-electron chi connectivity index (χ2n) is 10.0. The summed E-state index contributed by atoms with van der Waals surface area (Å²) in [6, 6.07) is 4.70. The monoisotopic (exact) mass is 544 g/mol. The van der Waals surface area contributed by atoms with E-state index in [4.69, 9.17) is 5.73 Å². The van der Waals surface area contributed by atoms with Gasteiger partial charge in [-0.3, -0.25) is 9.69 Å². The first kappa shape index (κ1) is 28.0. The van der Waals surface area contributed by atoms with E-state index in [1.54, 1.807) is 23.0 Å². The highest BCUT2D eigenvalue weighted by atomic mass is 32.2. The Morgan fingerprint density at radius 3 is 2.59 bits per heavy atom. The Morgan fingerprint density at radius 2 is 1.95 bits per heavy atom. The Kier molecular flexibility index (Phi) is 9.21. The fraction of sp³-hybridized carbons (Fsp3) is 0.536. The number of nitrogens with one attached hydrogen (secondary N) is 1. The Balaban J connectivity index is 1.63. The van der Waals surface area contributed by atoms with Gasteiger partial charge in [0.25, 0.3) is 5.91 Å². The molecule has 2 aliphatic rings. The predicted octanol–water partition coefficient (Wildman–Crippen LogP) is 4.93. The van der Waals surface area contributed by atoms with Gasteiger partial charge in [-0.2, -0.15) is 0 Å². The molecule has 3 heterocycles. The Bertz CT molecular complexity index is 1270. The number of primary amides is 1. The predicted molar refractivity (Wildman–Crippen MR) is 155 cm³/mol. The van der Waals surface area contributed by atoms with Crippen molar-refractivity contribution in [1.29, 1.82) is 0 Å². The zero-order valence-corrected chi connectivity index (χ0v) is 23.8. The molecule has 0 spiro atoms. The maximum absolute atomic E-state index is 12.5. The molecule has 2 fully saturated rings. The van der Waals surface area contributed by atoms with E-state index in [0.29, 0.717) is 24.7 Å². The molecule has 1 aromatic heterocycles. The summed E-state index contributed by atoms with van der Waals surface area (Å²) >= 11 is 1.64. The summed E-state index contributed by atoms with van der Waals surface area (Å²) in [4.78, 5) is 18.3. The second-order valence-corrected chi connectivity index (χ2v) is 13.0. The molecular weight excluding hydrogens is 504 g/mol. The van der Waals surface area contributed by atoms with Crippen LogP contribution >= 0.6 is 11.8 Å². The van der Waals surface area contributed by atoms with Crippen LogP contribution in [0.4, 0.5) is 0 Å². The number of piperidine rings is 1. The van der Waals surface area contributed by atoms with Crippen LogP contribution in [-0.4, -0.2) is 72.7 Å². The number of nitrogens with two attached hydrogens (primary N) is 1. The highest BCUT2D eigenvalue weighted by Crippen LogP contribution is 2.37. The van der Waals surface area contributed by atoms with Gasteiger partial charge in [-0.05, 0) is 92.0 Å². The molecule has 9 heteroatoms. The lowest BCUT2D eigenvalue weighted by Crippen LogP contribution is -2.38. The largest absolute Gasteiger partial charge is 0.366 e. The van der Waals surface area contributed by atoms with Crippen LogP contribution < -0.4 is 5.73 Å². The van der Waals surface area contributed by atoms with Crippen LogP contribution in [0.5, 0.6) is 0 Å². The number of nitrogens with zero attached hydrogens (tertiary/aromatic N) is 2. The molecule has 37 heavy (non-hydrogen) atoms. The van der Waals surface area contributed by atoms with Gasteiger partial charge in [0.1, 0.15) is 0 Å². The Labute approximate surface area is 225 Å². The number of carbonyl (C=O) groups excluding carboxylic acids is 1. The van der Waals surface area contributed by atoms with E-state index < -0.39 is 15.9 Å². The lowest BCUT2D eigenvalue weighted by molar-refractivity contribution is 0.100. The van der Waals surface area contributed by atoms with Gasteiger partial charge in [-0.15, -0.1) is 11.8 Å². The molecule has 2 aromatic rings. The van der Waals surface area contributed by atoms with Crippen molar-refractivity contribution in [3.8, 4) is 0 Å². The quantitative estimate of drug-likeness (QED) is 0.413. The minimum atomic E-state index is -3.18. The van der Waals surface area contributed by atoms with Gasteiger partial charge < -0.3 is 10.7 Å². The lowest BCUT2D eigenvalue weighted by atomic mass is 9.88. The number of benzene rings is 1. The van der Waals surface area contributed by atoms with Gasteiger partial charge in [-0.1, -0.05) is 19.1 Å². The average Bonchev–Trinajstić information content (AvgIpc) is 3.54. The van der Waals surface area contributed by atoms with Gasteiger partial charge in [0, 0.05) is 37.3 Å². The zero-order chi connectivity index (χ0) is 26.6. The van der Waals surface area contributed by atoms with Gasteiger partial charge in [0.2, 0.25) is 10.0 Å². The number of amides is 1. The van der Waals surface area contributed by atoms with E-state index in [0.717, 1.165) is 53.5 Å². The molecule has 7 nitrogen and oxygen atoms in total.